The number of amides is 1. The van der Waals surface area contributed by atoms with E-state index in [2.05, 4.69) is 15.5 Å². The number of sulfonamides is 1. The number of nitrogens with zero attached hydrogens (tertiary/aromatic N) is 5. The molecule has 0 unspecified atom stereocenters. The molecule has 1 amide bonds. The van der Waals surface area contributed by atoms with Gasteiger partial charge in [0, 0.05) is 34.7 Å². The predicted octanol–water partition coefficient (Wildman–Crippen LogP) is 3.25. The summed E-state index contributed by atoms with van der Waals surface area (Å²) in [5.41, 5.74) is 1.68. The van der Waals surface area contributed by atoms with E-state index in [-0.39, 0.29) is 33.1 Å². The molecule has 0 spiro atoms. The number of aryl methyl sites for hydroxylation is 1. The SMILES string of the molecule is Cc1cn(-c2ccc(N3CCNC(=O)C3)nn2)c2ccc(N(CC(=O)O)S(=O)(=O)c3cc(Cl)cc(Cl)c3)cc12. The van der Waals surface area contributed by atoms with Crippen molar-refractivity contribution in [3.05, 3.63) is 70.3 Å². The van der Waals surface area contributed by atoms with Crippen LogP contribution in [-0.2, 0) is 19.6 Å². The smallest absolute Gasteiger partial charge is 0.324 e. The van der Waals surface area contributed by atoms with Crippen molar-refractivity contribution in [2.75, 3.05) is 35.4 Å². The number of carboxylic acids is 1. The predicted molar refractivity (Wildman–Crippen MR) is 147 cm³/mol. The number of hydrogen-bond acceptors (Lipinski definition) is 7. The Balaban J connectivity index is 1.52. The van der Waals surface area contributed by atoms with Gasteiger partial charge in [0.15, 0.2) is 11.6 Å². The van der Waals surface area contributed by atoms with E-state index >= 15 is 0 Å². The molecule has 0 saturated carbocycles. The van der Waals surface area contributed by atoms with Gasteiger partial charge in [0.05, 0.1) is 22.6 Å². The maximum atomic E-state index is 13.5. The Morgan fingerprint density at radius 3 is 2.41 bits per heavy atom. The lowest BCUT2D eigenvalue weighted by molar-refractivity contribution is -0.135. The molecule has 14 heteroatoms. The quantitative estimate of drug-likeness (QED) is 0.335. The average Bonchev–Trinajstić information content (AvgIpc) is 3.22. The van der Waals surface area contributed by atoms with Crippen LogP contribution in [0.25, 0.3) is 16.7 Å². The molecule has 3 heterocycles. The zero-order valence-corrected chi connectivity index (χ0v) is 22.8. The number of hydrogen-bond donors (Lipinski definition) is 2. The molecule has 1 saturated heterocycles. The van der Waals surface area contributed by atoms with Crippen LogP contribution >= 0.6 is 23.2 Å². The fourth-order valence-electron chi connectivity index (χ4n) is 4.42. The van der Waals surface area contributed by atoms with Gasteiger partial charge < -0.3 is 15.3 Å². The minimum Gasteiger partial charge on any atom is -0.480 e. The number of rotatable bonds is 7. The monoisotopic (exact) mass is 588 g/mol. The number of carbonyl (C=O) groups is 2. The summed E-state index contributed by atoms with van der Waals surface area (Å²) >= 11 is 12.0. The minimum atomic E-state index is -4.32. The Labute approximate surface area is 233 Å². The molecule has 4 aromatic rings. The zero-order valence-electron chi connectivity index (χ0n) is 20.5. The fraction of sp³-hybridized carbons (Fsp3) is 0.200. The van der Waals surface area contributed by atoms with Crippen LogP contribution in [0.4, 0.5) is 11.5 Å². The fourth-order valence-corrected chi connectivity index (χ4v) is 6.55. The third-order valence-corrected chi connectivity index (χ3v) is 8.41. The van der Waals surface area contributed by atoms with Crippen molar-refractivity contribution < 1.29 is 23.1 Å². The molecule has 0 aliphatic carbocycles. The van der Waals surface area contributed by atoms with Gasteiger partial charge in [-0.05, 0) is 61.0 Å². The van der Waals surface area contributed by atoms with Crippen molar-refractivity contribution in [3.8, 4) is 5.82 Å². The summed E-state index contributed by atoms with van der Waals surface area (Å²) in [7, 11) is -4.32. The largest absolute Gasteiger partial charge is 0.480 e. The van der Waals surface area contributed by atoms with Crippen molar-refractivity contribution in [3.63, 3.8) is 0 Å². The maximum Gasteiger partial charge on any atom is 0.324 e. The number of benzene rings is 2. The molecule has 5 rings (SSSR count). The van der Waals surface area contributed by atoms with Crippen LogP contribution in [0.1, 0.15) is 5.56 Å². The first-order chi connectivity index (χ1) is 18.5. The van der Waals surface area contributed by atoms with Gasteiger partial charge in [-0.3, -0.25) is 18.5 Å². The maximum absolute atomic E-state index is 13.5. The van der Waals surface area contributed by atoms with Gasteiger partial charge in [0.1, 0.15) is 6.54 Å². The third kappa shape index (κ3) is 5.35. The zero-order chi connectivity index (χ0) is 27.9. The van der Waals surface area contributed by atoms with E-state index < -0.39 is 22.5 Å². The number of halogens is 2. The van der Waals surface area contributed by atoms with E-state index in [1.54, 1.807) is 28.8 Å². The molecule has 2 aromatic carbocycles. The Morgan fingerprint density at radius 2 is 1.77 bits per heavy atom. The van der Waals surface area contributed by atoms with E-state index in [9.17, 15) is 23.1 Å². The standard InChI is InChI=1S/C25H22Cl2N6O5S/c1-15-12-32(23-5-4-22(29-30-23)31-7-6-28-24(34)13-31)21-3-2-18(11-20(15)21)33(14-25(35)36)39(37,38)19-9-16(26)8-17(27)10-19/h2-5,8-12H,6-7,13-14H2,1H3,(H,28,34)(H,35,36). The molecular weight excluding hydrogens is 567 g/mol. The summed E-state index contributed by atoms with van der Waals surface area (Å²) in [6.45, 7) is 2.42. The minimum absolute atomic E-state index is 0.0765. The number of aliphatic carboxylic acids is 1. The Morgan fingerprint density at radius 1 is 1.08 bits per heavy atom. The first-order valence-corrected chi connectivity index (χ1v) is 13.9. The van der Waals surface area contributed by atoms with Crippen LogP contribution in [0.15, 0.2) is 59.6 Å². The van der Waals surface area contributed by atoms with Crippen molar-refractivity contribution >= 4 is 67.5 Å². The molecule has 2 aromatic heterocycles. The van der Waals surface area contributed by atoms with E-state index in [1.807, 2.05) is 18.0 Å². The second-order valence-corrected chi connectivity index (χ2v) is 11.7. The highest BCUT2D eigenvalue weighted by molar-refractivity contribution is 7.92. The molecule has 1 fully saturated rings. The van der Waals surface area contributed by atoms with E-state index in [4.69, 9.17) is 23.2 Å². The summed E-state index contributed by atoms with van der Waals surface area (Å²) in [5, 5.41) is 21.8. The summed E-state index contributed by atoms with van der Waals surface area (Å²) in [6, 6.07) is 12.2. The van der Waals surface area contributed by atoms with Crippen molar-refractivity contribution in [1.29, 1.82) is 0 Å². The van der Waals surface area contributed by atoms with Crippen LogP contribution in [0.5, 0.6) is 0 Å². The Bertz CT molecular complexity index is 1690. The lowest BCUT2D eigenvalue weighted by Gasteiger charge is -2.27. The van der Waals surface area contributed by atoms with Gasteiger partial charge in [-0.15, -0.1) is 10.2 Å². The number of carbonyl (C=O) groups excluding carboxylic acids is 1. The summed E-state index contributed by atoms with van der Waals surface area (Å²) < 4.78 is 29.6. The molecule has 202 valence electrons. The second-order valence-electron chi connectivity index (χ2n) is 8.92. The van der Waals surface area contributed by atoms with Gasteiger partial charge in [-0.25, -0.2) is 8.42 Å². The van der Waals surface area contributed by atoms with Gasteiger partial charge in [0.25, 0.3) is 10.0 Å². The first-order valence-electron chi connectivity index (χ1n) is 11.7. The van der Waals surface area contributed by atoms with Gasteiger partial charge in [-0.2, -0.15) is 0 Å². The topological polar surface area (TPSA) is 138 Å². The third-order valence-electron chi connectivity index (χ3n) is 6.22. The summed E-state index contributed by atoms with van der Waals surface area (Å²) in [6.07, 6.45) is 1.83. The van der Waals surface area contributed by atoms with Crippen molar-refractivity contribution in [2.45, 2.75) is 11.8 Å². The van der Waals surface area contributed by atoms with Gasteiger partial charge >= 0.3 is 5.97 Å². The van der Waals surface area contributed by atoms with Crippen LogP contribution in [0.3, 0.4) is 0 Å². The number of fused-ring (bicyclic) bond motifs is 1. The van der Waals surface area contributed by atoms with Crippen molar-refractivity contribution in [1.82, 2.24) is 20.1 Å². The number of piperazine rings is 1. The van der Waals surface area contributed by atoms with E-state index in [0.29, 0.717) is 35.6 Å². The number of nitrogens with one attached hydrogen (secondary N) is 1. The molecule has 11 nitrogen and oxygen atoms in total. The summed E-state index contributed by atoms with van der Waals surface area (Å²) in [5.74, 6) is -0.302. The first kappa shape index (κ1) is 26.7. The molecule has 39 heavy (non-hydrogen) atoms. The van der Waals surface area contributed by atoms with Gasteiger partial charge in [0.2, 0.25) is 5.91 Å². The number of anilines is 2. The number of aromatic nitrogens is 3. The van der Waals surface area contributed by atoms with Crippen molar-refractivity contribution in [2.24, 2.45) is 0 Å². The van der Waals surface area contributed by atoms with E-state index in [1.165, 1.54) is 24.3 Å². The highest BCUT2D eigenvalue weighted by Crippen LogP contribution is 2.32. The molecular formula is C25H22Cl2N6O5S. The normalized spacial score (nSPS) is 13.9. The average molecular weight is 589 g/mol. The lowest BCUT2D eigenvalue weighted by atomic mass is 10.2. The molecule has 0 bridgehead atoms. The molecule has 1 aliphatic rings. The van der Waals surface area contributed by atoms with Crippen LogP contribution in [0, 0.1) is 6.92 Å². The molecule has 1 aliphatic heterocycles. The highest BCUT2D eigenvalue weighted by Gasteiger charge is 2.28. The van der Waals surface area contributed by atoms with E-state index in [0.717, 1.165) is 9.87 Å². The van der Waals surface area contributed by atoms with Crippen LogP contribution in [-0.4, -0.2) is 66.3 Å². The lowest BCUT2D eigenvalue weighted by Crippen LogP contribution is -2.48. The number of carboxylic acid groups (broad SMARTS) is 1. The summed E-state index contributed by atoms with van der Waals surface area (Å²) in [4.78, 5) is 25.0. The molecule has 0 radical (unpaired) electrons. The Kier molecular flexibility index (Phi) is 7.10. The highest BCUT2D eigenvalue weighted by atomic mass is 35.5. The molecule has 0 atom stereocenters. The van der Waals surface area contributed by atoms with Crippen LogP contribution in [0.2, 0.25) is 10.0 Å². The Hall–Kier alpha value is -3.87. The van der Waals surface area contributed by atoms with Gasteiger partial charge in [-0.1, -0.05) is 23.2 Å². The second kappa shape index (κ2) is 10.4. The molecule has 2 N–H and O–H groups in total. The van der Waals surface area contributed by atoms with Crippen LogP contribution < -0.4 is 14.5 Å².